The predicted octanol–water partition coefficient (Wildman–Crippen LogP) is 3.32. The predicted molar refractivity (Wildman–Crippen MR) is 79.6 cm³/mol. The van der Waals surface area contributed by atoms with Gasteiger partial charge in [0, 0.05) is 10.2 Å². The molecule has 1 amide bonds. The first-order chi connectivity index (χ1) is 8.49. The normalized spacial score (nSPS) is 14.1. The van der Waals surface area contributed by atoms with E-state index in [0.29, 0.717) is 0 Å². The quantitative estimate of drug-likeness (QED) is 0.876. The maximum Gasteiger partial charge on any atom is 0.241 e. The minimum absolute atomic E-state index is 0.110. The minimum Gasteiger partial charge on any atom is -0.324 e. The van der Waals surface area contributed by atoms with Crippen LogP contribution >= 0.6 is 15.9 Å². The lowest BCUT2D eigenvalue weighted by atomic mass is 9.99. The Morgan fingerprint density at radius 3 is 2.67 bits per heavy atom. The van der Waals surface area contributed by atoms with Crippen molar-refractivity contribution in [3.63, 3.8) is 0 Å². The van der Waals surface area contributed by atoms with Crippen LogP contribution in [0, 0.1) is 5.92 Å². The summed E-state index contributed by atoms with van der Waals surface area (Å²) in [6.07, 6.45) is 1.77. The van der Waals surface area contributed by atoms with Crippen molar-refractivity contribution < 1.29 is 4.79 Å². The molecule has 0 aliphatic heterocycles. The summed E-state index contributed by atoms with van der Waals surface area (Å²) >= 11 is 3.43. The van der Waals surface area contributed by atoms with E-state index in [1.165, 1.54) is 0 Å². The number of hydrogen-bond donors (Lipinski definition) is 2. The van der Waals surface area contributed by atoms with Crippen molar-refractivity contribution in [2.75, 3.05) is 5.32 Å². The molecule has 4 heteroatoms. The van der Waals surface area contributed by atoms with Gasteiger partial charge in [0.15, 0.2) is 0 Å². The first-order valence-electron chi connectivity index (χ1n) is 6.34. The standard InChI is InChI=1S/C14H21BrN2O/c1-4-9(3)13(16)14(18)17-12-7-6-11(15)8-10(12)5-2/h6-9,13H,4-5,16H2,1-3H3,(H,17,18). The summed E-state index contributed by atoms with van der Waals surface area (Å²) in [5.41, 5.74) is 7.88. The van der Waals surface area contributed by atoms with E-state index in [1.807, 2.05) is 32.0 Å². The van der Waals surface area contributed by atoms with Gasteiger partial charge < -0.3 is 11.1 Å². The topological polar surface area (TPSA) is 55.1 Å². The summed E-state index contributed by atoms with van der Waals surface area (Å²) in [7, 11) is 0. The lowest BCUT2D eigenvalue weighted by Gasteiger charge is -2.19. The summed E-state index contributed by atoms with van der Waals surface area (Å²) in [4.78, 5) is 12.0. The Balaban J connectivity index is 2.81. The third kappa shape index (κ3) is 3.82. The van der Waals surface area contributed by atoms with Gasteiger partial charge in [-0.05, 0) is 36.1 Å². The molecule has 0 saturated heterocycles. The van der Waals surface area contributed by atoms with Gasteiger partial charge in [0.05, 0.1) is 6.04 Å². The highest BCUT2D eigenvalue weighted by Gasteiger charge is 2.20. The smallest absolute Gasteiger partial charge is 0.241 e. The van der Waals surface area contributed by atoms with Crippen molar-refractivity contribution in [2.45, 2.75) is 39.7 Å². The fourth-order valence-corrected chi connectivity index (χ4v) is 2.11. The maximum atomic E-state index is 12.0. The number of carbonyl (C=O) groups excluding carboxylic acids is 1. The van der Waals surface area contributed by atoms with Gasteiger partial charge in [0.25, 0.3) is 0 Å². The number of nitrogens with two attached hydrogens (primary N) is 1. The number of halogens is 1. The lowest BCUT2D eigenvalue weighted by Crippen LogP contribution is -2.40. The van der Waals surface area contributed by atoms with E-state index in [2.05, 4.69) is 28.2 Å². The zero-order valence-electron chi connectivity index (χ0n) is 11.2. The highest BCUT2D eigenvalue weighted by atomic mass is 79.9. The number of benzene rings is 1. The summed E-state index contributed by atoms with van der Waals surface area (Å²) in [6, 6.07) is 5.39. The second-order valence-electron chi connectivity index (χ2n) is 4.56. The summed E-state index contributed by atoms with van der Waals surface area (Å²) in [5, 5.41) is 2.92. The van der Waals surface area contributed by atoms with Crippen LogP contribution in [0.25, 0.3) is 0 Å². The van der Waals surface area contributed by atoms with Gasteiger partial charge in [0.2, 0.25) is 5.91 Å². The van der Waals surface area contributed by atoms with Gasteiger partial charge in [-0.1, -0.05) is 43.1 Å². The average Bonchev–Trinajstić information content (AvgIpc) is 2.38. The zero-order valence-corrected chi connectivity index (χ0v) is 12.8. The molecule has 1 aromatic carbocycles. The molecule has 1 rings (SSSR count). The number of anilines is 1. The molecule has 0 spiro atoms. The van der Waals surface area contributed by atoms with E-state index in [-0.39, 0.29) is 11.8 Å². The minimum atomic E-state index is -0.455. The molecule has 0 aromatic heterocycles. The van der Waals surface area contributed by atoms with Gasteiger partial charge in [-0.3, -0.25) is 4.79 Å². The summed E-state index contributed by atoms with van der Waals surface area (Å²) < 4.78 is 1.02. The third-order valence-corrected chi connectivity index (χ3v) is 3.76. The van der Waals surface area contributed by atoms with Gasteiger partial charge in [-0.15, -0.1) is 0 Å². The van der Waals surface area contributed by atoms with Crippen molar-refractivity contribution in [3.8, 4) is 0 Å². The van der Waals surface area contributed by atoms with Crippen molar-refractivity contribution in [2.24, 2.45) is 11.7 Å². The van der Waals surface area contributed by atoms with Crippen LogP contribution in [-0.4, -0.2) is 11.9 Å². The zero-order chi connectivity index (χ0) is 13.7. The highest BCUT2D eigenvalue weighted by Crippen LogP contribution is 2.22. The Kier molecular flexibility index (Phi) is 5.82. The number of aryl methyl sites for hydroxylation is 1. The van der Waals surface area contributed by atoms with Gasteiger partial charge in [-0.25, -0.2) is 0 Å². The van der Waals surface area contributed by atoms with E-state index in [0.717, 1.165) is 28.6 Å². The van der Waals surface area contributed by atoms with Gasteiger partial charge in [0.1, 0.15) is 0 Å². The molecular weight excluding hydrogens is 292 g/mol. The second kappa shape index (κ2) is 6.90. The first-order valence-corrected chi connectivity index (χ1v) is 7.13. The lowest BCUT2D eigenvalue weighted by molar-refractivity contribution is -0.118. The van der Waals surface area contributed by atoms with E-state index < -0.39 is 6.04 Å². The van der Waals surface area contributed by atoms with Crippen LogP contribution in [0.5, 0.6) is 0 Å². The monoisotopic (exact) mass is 312 g/mol. The molecule has 2 atom stereocenters. The Morgan fingerprint density at radius 2 is 2.11 bits per heavy atom. The Morgan fingerprint density at radius 1 is 1.44 bits per heavy atom. The van der Waals surface area contributed by atoms with Crippen molar-refractivity contribution in [1.82, 2.24) is 0 Å². The molecule has 0 heterocycles. The molecule has 3 N–H and O–H groups in total. The number of carbonyl (C=O) groups is 1. The average molecular weight is 313 g/mol. The number of hydrogen-bond acceptors (Lipinski definition) is 2. The second-order valence-corrected chi connectivity index (χ2v) is 5.47. The molecule has 18 heavy (non-hydrogen) atoms. The third-order valence-electron chi connectivity index (χ3n) is 3.27. The molecule has 0 bridgehead atoms. The largest absolute Gasteiger partial charge is 0.324 e. The van der Waals surface area contributed by atoms with Crippen molar-refractivity contribution in [3.05, 3.63) is 28.2 Å². The van der Waals surface area contributed by atoms with Crippen LogP contribution in [-0.2, 0) is 11.2 Å². The Labute approximate surface area is 117 Å². The molecule has 2 unspecified atom stereocenters. The van der Waals surface area contributed by atoms with Crippen LogP contribution in [0.3, 0.4) is 0 Å². The van der Waals surface area contributed by atoms with E-state index >= 15 is 0 Å². The number of nitrogens with one attached hydrogen (secondary N) is 1. The van der Waals surface area contributed by atoms with E-state index in [4.69, 9.17) is 5.73 Å². The summed E-state index contributed by atoms with van der Waals surface area (Å²) in [6.45, 7) is 6.09. The highest BCUT2D eigenvalue weighted by molar-refractivity contribution is 9.10. The van der Waals surface area contributed by atoms with Crippen LogP contribution in [0.15, 0.2) is 22.7 Å². The Hall–Kier alpha value is -0.870. The van der Waals surface area contributed by atoms with E-state index in [1.54, 1.807) is 0 Å². The SMILES string of the molecule is CCc1cc(Br)ccc1NC(=O)C(N)C(C)CC. The number of amides is 1. The molecule has 0 radical (unpaired) electrons. The van der Waals surface area contributed by atoms with Gasteiger partial charge in [-0.2, -0.15) is 0 Å². The van der Waals surface area contributed by atoms with Crippen LogP contribution < -0.4 is 11.1 Å². The molecule has 0 saturated carbocycles. The molecule has 3 nitrogen and oxygen atoms in total. The van der Waals surface area contributed by atoms with Crippen molar-refractivity contribution >= 4 is 27.5 Å². The summed E-state index contributed by atoms with van der Waals surface area (Å²) in [5.74, 6) is 0.0758. The van der Waals surface area contributed by atoms with E-state index in [9.17, 15) is 4.79 Å². The van der Waals surface area contributed by atoms with Gasteiger partial charge >= 0.3 is 0 Å². The fourth-order valence-electron chi connectivity index (χ4n) is 1.71. The van der Waals surface area contributed by atoms with Crippen LogP contribution in [0.2, 0.25) is 0 Å². The first kappa shape index (κ1) is 15.2. The molecule has 0 fully saturated rings. The Bertz CT molecular complexity index is 420. The maximum absolute atomic E-state index is 12.0. The molecule has 0 aliphatic carbocycles. The molecular formula is C14H21BrN2O. The molecule has 0 aliphatic rings. The van der Waals surface area contributed by atoms with Crippen LogP contribution in [0.1, 0.15) is 32.8 Å². The van der Waals surface area contributed by atoms with Crippen LogP contribution in [0.4, 0.5) is 5.69 Å². The molecule has 1 aromatic rings. The number of rotatable bonds is 5. The fraction of sp³-hybridized carbons (Fsp3) is 0.500. The van der Waals surface area contributed by atoms with Crippen molar-refractivity contribution in [1.29, 1.82) is 0 Å². The molecule has 100 valence electrons.